The van der Waals surface area contributed by atoms with Crippen LogP contribution in [0.4, 0.5) is 11.4 Å². The van der Waals surface area contributed by atoms with Crippen LogP contribution in [0.15, 0.2) is 46.6 Å². The molecule has 0 aliphatic heterocycles. The van der Waals surface area contributed by atoms with E-state index in [1.807, 2.05) is 6.07 Å². The van der Waals surface area contributed by atoms with E-state index in [-0.39, 0.29) is 5.75 Å². The van der Waals surface area contributed by atoms with Crippen LogP contribution in [0.2, 0.25) is 0 Å². The second-order valence-electron chi connectivity index (χ2n) is 8.66. The molecule has 2 saturated carbocycles. The van der Waals surface area contributed by atoms with Crippen molar-refractivity contribution in [1.29, 1.82) is 0 Å². The molecule has 2 aliphatic rings. The first-order chi connectivity index (χ1) is 13.7. The van der Waals surface area contributed by atoms with Crippen molar-refractivity contribution in [1.82, 2.24) is 0 Å². The van der Waals surface area contributed by atoms with Crippen molar-refractivity contribution >= 4 is 11.4 Å². The van der Waals surface area contributed by atoms with Gasteiger partial charge < -0.3 is 5.11 Å². The molecule has 0 radical (unpaired) electrons. The van der Waals surface area contributed by atoms with Crippen molar-refractivity contribution in [3.8, 4) is 5.75 Å². The second kappa shape index (κ2) is 8.89. The number of hydrogen-bond donors (Lipinski definition) is 1. The summed E-state index contributed by atoms with van der Waals surface area (Å²) in [5.41, 5.74) is 5.37. The molecule has 0 spiro atoms. The molecule has 0 bridgehead atoms. The quantitative estimate of drug-likeness (QED) is 0.537. The summed E-state index contributed by atoms with van der Waals surface area (Å²) in [6, 6.07) is 12.4. The molecule has 0 amide bonds. The van der Waals surface area contributed by atoms with Gasteiger partial charge in [-0.1, -0.05) is 56.7 Å². The molecule has 28 heavy (non-hydrogen) atoms. The van der Waals surface area contributed by atoms with Crippen LogP contribution in [-0.4, -0.2) is 5.11 Å². The first kappa shape index (κ1) is 19.2. The van der Waals surface area contributed by atoms with Crippen molar-refractivity contribution in [2.75, 3.05) is 0 Å². The summed E-state index contributed by atoms with van der Waals surface area (Å²) in [4.78, 5) is 0. The lowest BCUT2D eigenvalue weighted by atomic mass is 9.83. The van der Waals surface area contributed by atoms with Crippen LogP contribution in [0.1, 0.15) is 92.7 Å². The largest absolute Gasteiger partial charge is 0.506 e. The van der Waals surface area contributed by atoms with E-state index in [2.05, 4.69) is 41.4 Å². The first-order valence-corrected chi connectivity index (χ1v) is 11.1. The second-order valence-corrected chi connectivity index (χ2v) is 8.66. The van der Waals surface area contributed by atoms with Crippen LogP contribution in [0.3, 0.4) is 0 Å². The minimum atomic E-state index is 0.208. The van der Waals surface area contributed by atoms with Gasteiger partial charge in [0.25, 0.3) is 0 Å². The van der Waals surface area contributed by atoms with Gasteiger partial charge in [0, 0.05) is 0 Å². The predicted molar refractivity (Wildman–Crippen MR) is 115 cm³/mol. The van der Waals surface area contributed by atoms with Gasteiger partial charge in [0.15, 0.2) is 0 Å². The molecule has 0 saturated heterocycles. The number of hydrogen-bond acceptors (Lipinski definition) is 3. The van der Waals surface area contributed by atoms with E-state index in [4.69, 9.17) is 0 Å². The summed E-state index contributed by atoms with van der Waals surface area (Å²) in [5, 5.41) is 19.1. The molecule has 1 N–H and O–H groups in total. The zero-order valence-electron chi connectivity index (χ0n) is 17.0. The zero-order chi connectivity index (χ0) is 19.3. The van der Waals surface area contributed by atoms with Crippen LogP contribution in [0.5, 0.6) is 5.75 Å². The lowest BCUT2D eigenvalue weighted by Gasteiger charge is -2.22. The van der Waals surface area contributed by atoms with Crippen LogP contribution >= 0.6 is 0 Å². The predicted octanol–water partition coefficient (Wildman–Crippen LogP) is 8.21. The highest BCUT2D eigenvalue weighted by Crippen LogP contribution is 2.38. The molecular weight excluding hydrogens is 344 g/mol. The average Bonchev–Trinajstić information content (AvgIpc) is 2.75. The first-order valence-electron chi connectivity index (χ1n) is 11.1. The number of aryl methyl sites for hydroxylation is 1. The van der Waals surface area contributed by atoms with Crippen LogP contribution in [0.25, 0.3) is 0 Å². The number of nitrogens with zero attached hydrogens (tertiary/aromatic N) is 2. The molecule has 4 rings (SSSR count). The lowest BCUT2D eigenvalue weighted by Crippen LogP contribution is -2.04. The number of rotatable bonds is 4. The maximum atomic E-state index is 10.2. The van der Waals surface area contributed by atoms with Gasteiger partial charge in [0.05, 0.1) is 5.69 Å². The van der Waals surface area contributed by atoms with E-state index in [0.717, 1.165) is 11.3 Å². The lowest BCUT2D eigenvalue weighted by molar-refractivity contribution is 0.442. The molecular formula is C25H32N2O. The van der Waals surface area contributed by atoms with Gasteiger partial charge in [-0.15, -0.1) is 5.11 Å². The SMILES string of the molecule is Cc1cc(C2CCCCC2)ccc1/N=N/c1cc(C2CCCCC2)ccc1O. The molecule has 0 aromatic heterocycles. The standard InChI is InChI=1S/C25H32N2O/c1-18-16-21(19-8-4-2-5-9-19)12-14-23(18)26-27-24-17-22(13-15-25(24)28)20-10-6-3-7-11-20/h12-17,19-20,28H,2-11H2,1H3/b27-26+. The zero-order valence-corrected chi connectivity index (χ0v) is 17.0. The van der Waals surface area contributed by atoms with Gasteiger partial charge in [-0.3, -0.25) is 0 Å². The van der Waals surface area contributed by atoms with Gasteiger partial charge in [0.2, 0.25) is 0 Å². The summed E-state index contributed by atoms with van der Waals surface area (Å²) >= 11 is 0. The van der Waals surface area contributed by atoms with Crippen molar-refractivity contribution < 1.29 is 5.11 Å². The summed E-state index contributed by atoms with van der Waals surface area (Å²) in [6.45, 7) is 2.11. The Morgan fingerprint density at radius 3 is 1.82 bits per heavy atom. The van der Waals surface area contributed by atoms with E-state index in [0.29, 0.717) is 17.5 Å². The van der Waals surface area contributed by atoms with E-state index < -0.39 is 0 Å². The van der Waals surface area contributed by atoms with Gasteiger partial charge in [-0.2, -0.15) is 5.11 Å². The third-order valence-corrected chi connectivity index (χ3v) is 6.64. The molecule has 2 fully saturated rings. The Balaban J connectivity index is 1.52. The highest BCUT2D eigenvalue weighted by molar-refractivity contribution is 5.54. The molecule has 2 aromatic carbocycles. The fourth-order valence-electron chi connectivity index (χ4n) is 4.90. The molecule has 3 nitrogen and oxygen atoms in total. The molecule has 0 atom stereocenters. The smallest absolute Gasteiger partial charge is 0.143 e. The summed E-state index contributed by atoms with van der Waals surface area (Å²) in [6.07, 6.45) is 13.1. The van der Waals surface area contributed by atoms with Gasteiger partial charge >= 0.3 is 0 Å². The van der Waals surface area contributed by atoms with Gasteiger partial charge in [-0.05, 0) is 79.3 Å². The summed E-state index contributed by atoms with van der Waals surface area (Å²) in [7, 11) is 0. The van der Waals surface area contributed by atoms with E-state index in [9.17, 15) is 5.11 Å². The number of phenols is 1. The third kappa shape index (κ3) is 4.45. The average molecular weight is 377 g/mol. The molecule has 0 unspecified atom stereocenters. The molecule has 0 heterocycles. The topological polar surface area (TPSA) is 45.0 Å². The van der Waals surface area contributed by atoms with E-state index in [1.54, 1.807) is 6.07 Å². The van der Waals surface area contributed by atoms with Crippen LogP contribution in [0, 0.1) is 6.92 Å². The number of aromatic hydroxyl groups is 1. The van der Waals surface area contributed by atoms with Gasteiger partial charge in [-0.25, -0.2) is 0 Å². The Hall–Kier alpha value is -2.16. The minimum absolute atomic E-state index is 0.208. The molecule has 148 valence electrons. The van der Waals surface area contributed by atoms with Crippen LogP contribution in [-0.2, 0) is 0 Å². The van der Waals surface area contributed by atoms with Crippen molar-refractivity contribution in [2.45, 2.75) is 83.0 Å². The number of azo groups is 1. The fraction of sp³-hybridized carbons (Fsp3) is 0.520. The van der Waals surface area contributed by atoms with Crippen molar-refractivity contribution in [2.24, 2.45) is 10.2 Å². The monoisotopic (exact) mass is 376 g/mol. The number of benzene rings is 2. The highest BCUT2D eigenvalue weighted by Gasteiger charge is 2.17. The Labute approximate surface area is 168 Å². The Bertz CT molecular complexity index is 830. The molecule has 2 aliphatic carbocycles. The molecule has 3 heteroatoms. The highest BCUT2D eigenvalue weighted by atomic mass is 16.3. The Morgan fingerprint density at radius 1 is 0.679 bits per heavy atom. The van der Waals surface area contributed by atoms with E-state index >= 15 is 0 Å². The maximum Gasteiger partial charge on any atom is 0.143 e. The third-order valence-electron chi connectivity index (χ3n) is 6.64. The summed E-state index contributed by atoms with van der Waals surface area (Å²) in [5.74, 6) is 1.51. The van der Waals surface area contributed by atoms with E-state index in [1.165, 1.54) is 75.3 Å². The summed E-state index contributed by atoms with van der Waals surface area (Å²) < 4.78 is 0. The fourth-order valence-corrected chi connectivity index (χ4v) is 4.90. The van der Waals surface area contributed by atoms with Crippen LogP contribution < -0.4 is 0 Å². The molecule has 2 aromatic rings. The minimum Gasteiger partial charge on any atom is -0.506 e. The number of phenolic OH excluding ortho intramolecular Hbond substituents is 1. The Kier molecular flexibility index (Phi) is 6.09. The van der Waals surface area contributed by atoms with Crippen molar-refractivity contribution in [3.63, 3.8) is 0 Å². The Morgan fingerprint density at radius 2 is 1.21 bits per heavy atom. The maximum absolute atomic E-state index is 10.2. The van der Waals surface area contributed by atoms with Crippen molar-refractivity contribution in [3.05, 3.63) is 53.1 Å². The van der Waals surface area contributed by atoms with Gasteiger partial charge in [0.1, 0.15) is 11.4 Å². The normalized spacial score (nSPS) is 19.3.